The van der Waals surface area contributed by atoms with Gasteiger partial charge in [0.25, 0.3) is 0 Å². The van der Waals surface area contributed by atoms with Crippen LogP contribution in [0, 0.1) is 0 Å². The van der Waals surface area contributed by atoms with Crippen molar-refractivity contribution in [3.63, 3.8) is 0 Å². The van der Waals surface area contributed by atoms with Crippen LogP contribution < -0.4 is 21.9 Å². The molecule has 3 aromatic carbocycles. The van der Waals surface area contributed by atoms with E-state index in [0.717, 1.165) is 0 Å². The van der Waals surface area contributed by atoms with Crippen molar-refractivity contribution < 1.29 is 0 Å². The van der Waals surface area contributed by atoms with Crippen LogP contribution in [0.5, 0.6) is 0 Å². The molecular weight excluding hydrogens is 310 g/mol. The van der Waals surface area contributed by atoms with Crippen LogP contribution in [0.2, 0.25) is 13.6 Å². The van der Waals surface area contributed by atoms with E-state index in [1.165, 1.54) is 44.1 Å². The van der Waals surface area contributed by atoms with E-state index in [1.807, 2.05) is 0 Å². The second-order valence-electron chi connectivity index (χ2n) is 7.48. The molecule has 26 heavy (non-hydrogen) atoms. The molecule has 5 rings (SSSR count). The Bertz CT molecular complexity index is 988. The smallest absolute Gasteiger partial charge is 0.0774 e. The molecule has 0 saturated heterocycles. The van der Waals surface area contributed by atoms with Crippen LogP contribution in [0.3, 0.4) is 0 Å². The lowest BCUT2D eigenvalue weighted by Gasteiger charge is -2.18. The fraction of sp³-hybridized carbons (Fsp3) is 0.0833. The molecule has 0 fully saturated rings. The summed E-state index contributed by atoms with van der Waals surface area (Å²) in [5.41, 5.74) is 11.0. The minimum Gasteiger partial charge on any atom is -0.0774 e. The van der Waals surface area contributed by atoms with Gasteiger partial charge in [0.1, 0.15) is 0 Å². The van der Waals surface area contributed by atoms with Crippen molar-refractivity contribution in [3.8, 4) is 0 Å². The van der Waals surface area contributed by atoms with Crippen molar-refractivity contribution in [1.82, 2.24) is 0 Å². The Labute approximate surface area is 156 Å². The van der Waals surface area contributed by atoms with E-state index >= 15 is 0 Å². The van der Waals surface area contributed by atoms with Crippen LogP contribution in [0.25, 0.3) is 24.3 Å². The van der Waals surface area contributed by atoms with E-state index in [9.17, 15) is 0 Å². The van der Waals surface area contributed by atoms with E-state index in [4.69, 9.17) is 0 Å². The minimum absolute atomic E-state index is 0.399. The molecule has 0 aliphatic carbocycles. The van der Waals surface area contributed by atoms with Gasteiger partial charge >= 0.3 is 0 Å². The maximum absolute atomic E-state index is 2.42. The Morgan fingerprint density at radius 3 is 1.31 bits per heavy atom. The molecule has 0 saturated carbocycles. The molecule has 0 amide bonds. The van der Waals surface area contributed by atoms with E-state index in [0.29, 0.717) is 13.4 Å². The van der Waals surface area contributed by atoms with E-state index in [-0.39, 0.29) is 0 Å². The largest absolute Gasteiger partial charge is 0.207 e. The third-order valence-corrected chi connectivity index (χ3v) is 6.03. The van der Waals surface area contributed by atoms with Crippen LogP contribution in [0.4, 0.5) is 0 Å². The molecular formula is C24H20B2. The van der Waals surface area contributed by atoms with Crippen LogP contribution in [0.1, 0.15) is 22.3 Å². The summed E-state index contributed by atoms with van der Waals surface area (Å²) in [7, 11) is 0. The van der Waals surface area contributed by atoms with Gasteiger partial charge in [-0.05, 0) is 22.3 Å². The van der Waals surface area contributed by atoms with Crippen molar-refractivity contribution >= 4 is 59.6 Å². The highest BCUT2D eigenvalue weighted by atomic mass is 14.1. The Kier molecular flexibility index (Phi) is 3.53. The molecule has 2 heterocycles. The Morgan fingerprint density at radius 2 is 0.846 bits per heavy atom. The molecule has 2 heteroatoms. The van der Waals surface area contributed by atoms with Gasteiger partial charge in [-0.2, -0.15) is 0 Å². The van der Waals surface area contributed by atoms with Crippen LogP contribution in [0.15, 0.2) is 60.7 Å². The third kappa shape index (κ3) is 2.33. The molecule has 0 N–H and O–H groups in total. The van der Waals surface area contributed by atoms with Crippen molar-refractivity contribution in [2.45, 2.75) is 13.6 Å². The molecule has 0 atom stereocenters. The van der Waals surface area contributed by atoms with Crippen molar-refractivity contribution in [1.29, 1.82) is 0 Å². The highest BCUT2D eigenvalue weighted by molar-refractivity contribution is 6.87. The Balaban J connectivity index is 1.72. The fourth-order valence-electron chi connectivity index (χ4n) is 4.52. The summed E-state index contributed by atoms with van der Waals surface area (Å²) in [6, 6.07) is 22.4. The van der Waals surface area contributed by atoms with E-state index in [2.05, 4.69) is 98.6 Å². The van der Waals surface area contributed by atoms with Gasteiger partial charge in [-0.25, -0.2) is 0 Å². The second kappa shape index (κ2) is 5.92. The summed E-state index contributed by atoms with van der Waals surface area (Å²) in [5.74, 6) is 0. The predicted molar refractivity (Wildman–Crippen MR) is 119 cm³/mol. The monoisotopic (exact) mass is 330 g/mol. The van der Waals surface area contributed by atoms with Crippen LogP contribution in [-0.4, -0.2) is 13.4 Å². The first kappa shape index (κ1) is 15.5. The van der Waals surface area contributed by atoms with Gasteiger partial charge in [0.2, 0.25) is 13.4 Å². The van der Waals surface area contributed by atoms with E-state index in [1.54, 1.807) is 0 Å². The van der Waals surface area contributed by atoms with Gasteiger partial charge in [-0.15, -0.1) is 0 Å². The topological polar surface area (TPSA) is 0 Å². The quantitative estimate of drug-likeness (QED) is 0.556. The fourth-order valence-corrected chi connectivity index (χ4v) is 4.52. The van der Waals surface area contributed by atoms with Gasteiger partial charge in [0, 0.05) is 0 Å². The highest BCUT2D eigenvalue weighted by Gasteiger charge is 2.25. The van der Waals surface area contributed by atoms with Crippen molar-refractivity contribution in [2.75, 3.05) is 0 Å². The zero-order chi connectivity index (χ0) is 17.7. The third-order valence-electron chi connectivity index (χ3n) is 6.03. The minimum atomic E-state index is 0.399. The maximum atomic E-state index is 2.42. The Hall–Kier alpha value is -2.73. The summed E-state index contributed by atoms with van der Waals surface area (Å²) < 4.78 is 0. The normalized spacial score (nSPS) is 14.1. The van der Waals surface area contributed by atoms with Gasteiger partial charge in [-0.3, -0.25) is 0 Å². The summed E-state index contributed by atoms with van der Waals surface area (Å²) >= 11 is 0. The average Bonchev–Trinajstić information content (AvgIpc) is 2.91. The zero-order valence-corrected chi connectivity index (χ0v) is 15.2. The number of benzene rings is 3. The molecule has 0 unspecified atom stereocenters. The summed E-state index contributed by atoms with van der Waals surface area (Å²) in [6.07, 6.45) is 9.14. The first-order valence-electron chi connectivity index (χ1n) is 9.44. The van der Waals surface area contributed by atoms with E-state index < -0.39 is 0 Å². The first-order chi connectivity index (χ1) is 12.7. The molecule has 2 aliphatic heterocycles. The SMILES string of the molecule is CB1c2ccccc2C=Cc2cc3c(cc21)C=Cc1ccccc1B3C. The zero-order valence-electron chi connectivity index (χ0n) is 15.2. The molecule has 0 nitrogen and oxygen atoms in total. The van der Waals surface area contributed by atoms with Crippen LogP contribution >= 0.6 is 0 Å². The van der Waals surface area contributed by atoms with Crippen LogP contribution in [-0.2, 0) is 0 Å². The molecule has 0 bridgehead atoms. The number of hydrogen-bond donors (Lipinski definition) is 0. The summed E-state index contributed by atoms with van der Waals surface area (Å²) in [6.45, 7) is 5.46. The molecule has 0 aromatic heterocycles. The summed E-state index contributed by atoms with van der Waals surface area (Å²) in [4.78, 5) is 0. The molecule has 2 aliphatic rings. The van der Waals surface area contributed by atoms with Crippen molar-refractivity contribution in [3.05, 3.63) is 82.9 Å². The molecule has 0 radical (unpaired) electrons. The molecule has 3 aromatic rings. The standard InChI is InChI=1S/C24H20B2/c1-25-21-9-5-3-7-17(21)11-13-19-16-24-20(15-23(19)25)14-12-18-8-4-6-10-22(18)26(24)2/h3-16H,1-2H3. The lowest BCUT2D eigenvalue weighted by Crippen LogP contribution is -2.45. The predicted octanol–water partition coefficient (Wildman–Crippen LogP) is 3.13. The van der Waals surface area contributed by atoms with Crippen molar-refractivity contribution in [2.24, 2.45) is 0 Å². The lowest BCUT2D eigenvalue weighted by atomic mass is 9.38. The van der Waals surface area contributed by atoms with Gasteiger partial charge < -0.3 is 0 Å². The number of hydrogen-bond acceptors (Lipinski definition) is 0. The first-order valence-corrected chi connectivity index (χ1v) is 9.44. The number of rotatable bonds is 0. The summed E-state index contributed by atoms with van der Waals surface area (Å²) in [5, 5.41) is 0. The highest BCUT2D eigenvalue weighted by Crippen LogP contribution is 2.17. The van der Waals surface area contributed by atoms with Gasteiger partial charge in [0.05, 0.1) is 0 Å². The number of fused-ring (bicyclic) bond motifs is 4. The van der Waals surface area contributed by atoms with Gasteiger partial charge in [0.15, 0.2) is 0 Å². The maximum Gasteiger partial charge on any atom is 0.207 e. The lowest BCUT2D eigenvalue weighted by molar-refractivity contribution is 1.69. The van der Waals surface area contributed by atoms with Gasteiger partial charge in [-0.1, -0.05) is 120 Å². The molecule has 0 spiro atoms. The average molecular weight is 330 g/mol. The second-order valence-corrected chi connectivity index (χ2v) is 7.48. The Morgan fingerprint density at radius 1 is 0.462 bits per heavy atom. The molecule has 122 valence electrons.